The maximum atomic E-state index is 13.5. The number of carbonyl (C=O) groups excluding carboxylic acids is 1. The van der Waals surface area contributed by atoms with Gasteiger partial charge in [0.15, 0.2) is 0 Å². The lowest BCUT2D eigenvalue weighted by Gasteiger charge is -2.33. The number of carbonyl (C=O) groups is 1. The third-order valence-corrected chi connectivity index (χ3v) is 5.99. The number of methoxy groups -OCH3 is 1. The Labute approximate surface area is 188 Å². The lowest BCUT2D eigenvalue weighted by Crippen LogP contribution is -2.41. The standard InChI is InChI=1S/C27H28N2O3/c1-32-24-12-10-22(11-13-24)20-25(29-16-6-5-9-26(29)30)27(31)28-17-14-23(15-18-28)19-21-7-3-2-4-8-21/h2-13,16,20,23H,14-15,17-19H2,1H3/b25-20+. The fourth-order valence-electron chi connectivity index (χ4n) is 4.17. The first-order valence-electron chi connectivity index (χ1n) is 11.0. The number of aromatic nitrogens is 1. The Morgan fingerprint density at radius 1 is 0.969 bits per heavy atom. The van der Waals surface area contributed by atoms with E-state index >= 15 is 0 Å². The Bertz CT molecular complexity index is 1130. The zero-order valence-corrected chi connectivity index (χ0v) is 18.3. The molecular weight excluding hydrogens is 400 g/mol. The van der Waals surface area contributed by atoms with Crippen LogP contribution in [0, 0.1) is 5.92 Å². The van der Waals surface area contributed by atoms with Crippen molar-refractivity contribution in [3.8, 4) is 5.75 Å². The Hall–Kier alpha value is -3.60. The Kier molecular flexibility index (Phi) is 6.85. The molecule has 0 spiro atoms. The summed E-state index contributed by atoms with van der Waals surface area (Å²) in [7, 11) is 1.62. The highest BCUT2D eigenvalue weighted by Crippen LogP contribution is 2.24. The van der Waals surface area contributed by atoms with E-state index in [9.17, 15) is 9.59 Å². The molecule has 4 rings (SSSR count). The van der Waals surface area contributed by atoms with Gasteiger partial charge in [0.25, 0.3) is 11.5 Å². The third-order valence-electron chi connectivity index (χ3n) is 5.99. The van der Waals surface area contributed by atoms with Gasteiger partial charge in [-0.25, -0.2) is 0 Å². The molecule has 0 radical (unpaired) electrons. The molecule has 5 nitrogen and oxygen atoms in total. The van der Waals surface area contributed by atoms with E-state index in [1.807, 2.05) is 35.2 Å². The van der Waals surface area contributed by atoms with Crippen molar-refractivity contribution in [3.63, 3.8) is 0 Å². The minimum absolute atomic E-state index is 0.118. The van der Waals surface area contributed by atoms with Crippen molar-refractivity contribution in [3.05, 3.63) is 100 Å². The number of pyridine rings is 1. The predicted octanol–water partition coefficient (Wildman–Crippen LogP) is 4.34. The first-order chi connectivity index (χ1) is 15.6. The van der Waals surface area contributed by atoms with Crippen LogP contribution >= 0.6 is 0 Å². The number of hydrogen-bond acceptors (Lipinski definition) is 3. The molecule has 2 heterocycles. The fraction of sp³-hybridized carbons (Fsp3) is 0.259. The van der Waals surface area contributed by atoms with Gasteiger partial charge in [-0.05, 0) is 60.6 Å². The summed E-state index contributed by atoms with van der Waals surface area (Å²) in [6.45, 7) is 1.38. The minimum atomic E-state index is -0.223. The van der Waals surface area contributed by atoms with Crippen molar-refractivity contribution in [1.82, 2.24) is 9.47 Å². The second-order valence-corrected chi connectivity index (χ2v) is 8.14. The summed E-state index contributed by atoms with van der Waals surface area (Å²) in [6.07, 6.45) is 6.38. The summed E-state index contributed by atoms with van der Waals surface area (Å²) >= 11 is 0. The number of nitrogens with zero attached hydrogens (tertiary/aromatic N) is 2. The summed E-state index contributed by atoms with van der Waals surface area (Å²) in [5.74, 6) is 1.19. The molecule has 0 atom stereocenters. The van der Waals surface area contributed by atoms with Gasteiger partial charge in [-0.3, -0.25) is 14.2 Å². The van der Waals surface area contributed by atoms with Crippen LogP contribution in [0.2, 0.25) is 0 Å². The van der Waals surface area contributed by atoms with Gasteiger partial charge in [-0.1, -0.05) is 48.5 Å². The highest BCUT2D eigenvalue weighted by atomic mass is 16.5. The molecule has 1 aliphatic heterocycles. The van der Waals surface area contributed by atoms with E-state index in [2.05, 4.69) is 24.3 Å². The monoisotopic (exact) mass is 428 g/mol. The fourth-order valence-corrected chi connectivity index (χ4v) is 4.17. The second-order valence-electron chi connectivity index (χ2n) is 8.14. The van der Waals surface area contributed by atoms with Crippen molar-refractivity contribution < 1.29 is 9.53 Å². The van der Waals surface area contributed by atoms with Gasteiger partial charge in [0.1, 0.15) is 11.4 Å². The van der Waals surface area contributed by atoms with Crippen molar-refractivity contribution >= 4 is 17.7 Å². The molecular formula is C27H28N2O3. The molecule has 1 aliphatic rings. The van der Waals surface area contributed by atoms with Gasteiger partial charge in [0.05, 0.1) is 7.11 Å². The van der Waals surface area contributed by atoms with Crippen molar-refractivity contribution in [1.29, 1.82) is 0 Å². The summed E-state index contributed by atoms with van der Waals surface area (Å²) < 4.78 is 6.66. The molecule has 1 aromatic heterocycles. The van der Waals surface area contributed by atoms with Gasteiger partial charge < -0.3 is 9.64 Å². The number of amides is 1. The zero-order valence-electron chi connectivity index (χ0n) is 18.3. The zero-order chi connectivity index (χ0) is 22.3. The molecule has 1 amide bonds. The van der Waals surface area contributed by atoms with Crippen LogP contribution in [0.4, 0.5) is 0 Å². The average Bonchev–Trinajstić information content (AvgIpc) is 2.84. The van der Waals surface area contributed by atoms with Crippen LogP contribution < -0.4 is 10.3 Å². The molecule has 1 fully saturated rings. The number of benzene rings is 2. The van der Waals surface area contributed by atoms with E-state index in [4.69, 9.17) is 4.74 Å². The number of piperidine rings is 1. The lowest BCUT2D eigenvalue weighted by atomic mass is 9.90. The molecule has 0 N–H and O–H groups in total. The van der Waals surface area contributed by atoms with Crippen LogP contribution in [0.25, 0.3) is 11.8 Å². The van der Waals surface area contributed by atoms with Crippen LogP contribution in [0.15, 0.2) is 83.8 Å². The van der Waals surface area contributed by atoms with E-state index in [-0.39, 0.29) is 11.5 Å². The highest BCUT2D eigenvalue weighted by molar-refractivity contribution is 6.18. The topological polar surface area (TPSA) is 51.5 Å². The number of likely N-dealkylation sites (tertiary alicyclic amines) is 1. The Morgan fingerprint density at radius 2 is 1.66 bits per heavy atom. The van der Waals surface area contributed by atoms with Gasteiger partial charge in [0.2, 0.25) is 0 Å². The van der Waals surface area contributed by atoms with Crippen LogP contribution in [0.3, 0.4) is 0 Å². The van der Waals surface area contributed by atoms with Crippen molar-refractivity contribution in [2.24, 2.45) is 5.92 Å². The van der Waals surface area contributed by atoms with Crippen molar-refractivity contribution in [2.45, 2.75) is 19.3 Å². The molecule has 0 unspecified atom stereocenters. The Morgan fingerprint density at radius 3 is 2.31 bits per heavy atom. The molecule has 3 aromatic rings. The van der Waals surface area contributed by atoms with E-state index in [1.54, 1.807) is 31.5 Å². The number of ether oxygens (including phenoxy) is 1. The quantitative estimate of drug-likeness (QED) is 0.549. The van der Waals surface area contributed by atoms with E-state index in [0.29, 0.717) is 24.7 Å². The Balaban J connectivity index is 1.53. The number of rotatable bonds is 6. The summed E-state index contributed by atoms with van der Waals surface area (Å²) in [6, 6.07) is 22.9. The minimum Gasteiger partial charge on any atom is -0.497 e. The normalized spacial score (nSPS) is 14.9. The third kappa shape index (κ3) is 5.17. The van der Waals surface area contributed by atoms with Gasteiger partial charge in [0, 0.05) is 25.4 Å². The maximum Gasteiger partial charge on any atom is 0.270 e. The first-order valence-corrected chi connectivity index (χ1v) is 11.0. The van der Waals surface area contributed by atoms with E-state index in [0.717, 1.165) is 30.6 Å². The van der Waals surface area contributed by atoms with Crippen LogP contribution in [-0.2, 0) is 11.2 Å². The molecule has 0 saturated carbocycles. The average molecular weight is 429 g/mol. The SMILES string of the molecule is COc1ccc(/C=C(\C(=O)N2CCC(Cc3ccccc3)CC2)n2ccccc2=O)cc1. The molecule has 32 heavy (non-hydrogen) atoms. The predicted molar refractivity (Wildman–Crippen MR) is 127 cm³/mol. The lowest BCUT2D eigenvalue weighted by molar-refractivity contribution is -0.126. The van der Waals surface area contributed by atoms with Gasteiger partial charge >= 0.3 is 0 Å². The molecule has 164 valence electrons. The second kappa shape index (κ2) is 10.1. The van der Waals surface area contributed by atoms with Crippen molar-refractivity contribution in [2.75, 3.05) is 20.2 Å². The smallest absolute Gasteiger partial charge is 0.270 e. The first kappa shape index (κ1) is 21.6. The summed E-state index contributed by atoms with van der Waals surface area (Å²) in [4.78, 5) is 27.9. The molecule has 0 aliphatic carbocycles. The van der Waals surface area contributed by atoms with E-state index < -0.39 is 0 Å². The van der Waals surface area contributed by atoms with Gasteiger partial charge in [-0.15, -0.1) is 0 Å². The molecule has 1 saturated heterocycles. The summed E-state index contributed by atoms with van der Waals surface area (Å²) in [5, 5.41) is 0. The highest BCUT2D eigenvalue weighted by Gasteiger charge is 2.26. The maximum absolute atomic E-state index is 13.5. The van der Waals surface area contributed by atoms with E-state index in [1.165, 1.54) is 16.2 Å². The molecule has 2 aromatic carbocycles. The molecule has 0 bridgehead atoms. The van der Waals surface area contributed by atoms with Gasteiger partial charge in [-0.2, -0.15) is 0 Å². The number of hydrogen-bond donors (Lipinski definition) is 0. The van der Waals surface area contributed by atoms with Crippen LogP contribution in [-0.4, -0.2) is 35.6 Å². The largest absolute Gasteiger partial charge is 0.497 e. The van der Waals surface area contributed by atoms with Crippen LogP contribution in [0.5, 0.6) is 5.75 Å². The van der Waals surface area contributed by atoms with Crippen LogP contribution in [0.1, 0.15) is 24.0 Å². The molecule has 5 heteroatoms. The summed E-state index contributed by atoms with van der Waals surface area (Å²) in [5.41, 5.74) is 2.32.